The fourth-order valence-electron chi connectivity index (χ4n) is 1.78. The Kier molecular flexibility index (Phi) is 4.35. The van der Waals surface area contributed by atoms with E-state index in [1.54, 1.807) is 6.92 Å². The van der Waals surface area contributed by atoms with Crippen LogP contribution in [0.3, 0.4) is 0 Å². The minimum Gasteiger partial charge on any atom is -0.348 e. The van der Waals surface area contributed by atoms with Gasteiger partial charge in [-0.1, -0.05) is 6.08 Å². The maximum atomic E-state index is 12.6. The number of amides is 1. The minimum absolute atomic E-state index is 0.00425. The van der Waals surface area contributed by atoms with Crippen LogP contribution in [0.5, 0.6) is 0 Å². The number of piperidine rings is 1. The van der Waals surface area contributed by atoms with Gasteiger partial charge in [0.05, 0.1) is 12.0 Å². The minimum atomic E-state index is -4.25. The summed E-state index contributed by atoms with van der Waals surface area (Å²) in [4.78, 5) is 11.2. The van der Waals surface area contributed by atoms with Crippen molar-refractivity contribution in [3.8, 4) is 0 Å². The van der Waals surface area contributed by atoms with E-state index < -0.39 is 24.0 Å². The molecule has 1 aliphatic heterocycles. The number of carbonyl (C=O) groups excluding carboxylic acids is 1. The molecule has 3 nitrogen and oxygen atoms in total. The summed E-state index contributed by atoms with van der Waals surface area (Å²) in [5.74, 6) is -1.94. The van der Waals surface area contributed by atoms with Crippen LogP contribution in [-0.4, -0.2) is 31.2 Å². The van der Waals surface area contributed by atoms with Gasteiger partial charge in [-0.05, 0) is 26.0 Å². The fraction of sp³-hybridized carbons (Fsp3) is 0.700. The molecule has 0 saturated carbocycles. The normalized spacial score (nSPS) is 27.0. The van der Waals surface area contributed by atoms with Crippen LogP contribution in [0, 0.1) is 5.92 Å². The van der Waals surface area contributed by atoms with Gasteiger partial charge >= 0.3 is 6.18 Å². The van der Waals surface area contributed by atoms with Crippen molar-refractivity contribution in [2.45, 2.75) is 25.6 Å². The van der Waals surface area contributed by atoms with Crippen molar-refractivity contribution in [1.82, 2.24) is 10.6 Å². The van der Waals surface area contributed by atoms with E-state index in [0.29, 0.717) is 6.54 Å². The van der Waals surface area contributed by atoms with Crippen molar-refractivity contribution < 1.29 is 18.0 Å². The number of allylic oxidation sites excluding steroid dienone is 1. The quantitative estimate of drug-likeness (QED) is 0.708. The second kappa shape index (κ2) is 5.34. The van der Waals surface area contributed by atoms with Crippen LogP contribution < -0.4 is 10.6 Å². The van der Waals surface area contributed by atoms with Crippen LogP contribution >= 0.6 is 0 Å². The molecular formula is C10H15F3N2O. The summed E-state index contributed by atoms with van der Waals surface area (Å²) in [7, 11) is 0. The molecule has 2 atom stereocenters. The molecule has 0 aromatic heterocycles. The lowest BCUT2D eigenvalue weighted by Crippen LogP contribution is -2.55. The van der Waals surface area contributed by atoms with Gasteiger partial charge in [-0.15, -0.1) is 0 Å². The average molecular weight is 236 g/mol. The van der Waals surface area contributed by atoms with Gasteiger partial charge in [-0.2, -0.15) is 13.2 Å². The third-order valence-electron chi connectivity index (χ3n) is 2.55. The maximum Gasteiger partial charge on any atom is 0.393 e. The number of carbonyl (C=O) groups is 1. The first-order chi connectivity index (χ1) is 7.45. The molecule has 1 saturated heterocycles. The zero-order valence-corrected chi connectivity index (χ0v) is 8.97. The summed E-state index contributed by atoms with van der Waals surface area (Å²) in [5, 5.41) is 5.21. The molecule has 2 N–H and O–H groups in total. The van der Waals surface area contributed by atoms with Gasteiger partial charge in [0.1, 0.15) is 0 Å². The van der Waals surface area contributed by atoms with E-state index in [1.165, 1.54) is 12.2 Å². The lowest BCUT2D eigenvalue weighted by atomic mass is 9.92. The Morgan fingerprint density at radius 1 is 1.50 bits per heavy atom. The van der Waals surface area contributed by atoms with E-state index in [9.17, 15) is 18.0 Å². The van der Waals surface area contributed by atoms with Crippen molar-refractivity contribution in [3.63, 3.8) is 0 Å². The first-order valence-corrected chi connectivity index (χ1v) is 5.15. The second-order valence-electron chi connectivity index (χ2n) is 3.76. The van der Waals surface area contributed by atoms with Crippen LogP contribution in [0.1, 0.15) is 13.3 Å². The Hall–Kier alpha value is -1.04. The van der Waals surface area contributed by atoms with E-state index in [4.69, 9.17) is 0 Å². The molecule has 0 aromatic carbocycles. The molecule has 92 valence electrons. The van der Waals surface area contributed by atoms with E-state index in [2.05, 4.69) is 10.6 Å². The van der Waals surface area contributed by atoms with Crippen LogP contribution in [0.2, 0.25) is 0 Å². The molecule has 0 radical (unpaired) electrons. The van der Waals surface area contributed by atoms with Crippen LogP contribution in [0.25, 0.3) is 0 Å². The van der Waals surface area contributed by atoms with Crippen molar-refractivity contribution in [3.05, 3.63) is 12.2 Å². The van der Waals surface area contributed by atoms with E-state index in [1.807, 2.05) is 0 Å². The zero-order valence-electron chi connectivity index (χ0n) is 8.97. The maximum absolute atomic E-state index is 12.6. The Morgan fingerprint density at radius 2 is 2.19 bits per heavy atom. The third kappa shape index (κ3) is 3.52. The molecule has 16 heavy (non-hydrogen) atoms. The third-order valence-corrected chi connectivity index (χ3v) is 2.55. The van der Waals surface area contributed by atoms with Crippen LogP contribution in [0.15, 0.2) is 12.2 Å². The van der Waals surface area contributed by atoms with E-state index >= 15 is 0 Å². The first-order valence-electron chi connectivity index (χ1n) is 5.15. The molecule has 2 unspecified atom stereocenters. The molecule has 1 aliphatic rings. The summed E-state index contributed by atoms with van der Waals surface area (Å²) in [5.41, 5.74) is 0. The Labute approximate surface area is 92.1 Å². The summed E-state index contributed by atoms with van der Waals surface area (Å²) in [6.07, 6.45) is -1.53. The summed E-state index contributed by atoms with van der Waals surface area (Å²) in [6, 6.07) is -0.877. The van der Waals surface area contributed by atoms with Crippen molar-refractivity contribution in [2.75, 3.05) is 13.1 Å². The molecular weight excluding hydrogens is 221 g/mol. The van der Waals surface area contributed by atoms with Crippen LogP contribution in [-0.2, 0) is 4.79 Å². The number of hydrogen-bond acceptors (Lipinski definition) is 2. The topological polar surface area (TPSA) is 41.1 Å². The smallest absolute Gasteiger partial charge is 0.348 e. The second-order valence-corrected chi connectivity index (χ2v) is 3.76. The highest BCUT2D eigenvalue weighted by atomic mass is 19.4. The summed E-state index contributed by atoms with van der Waals surface area (Å²) in [6.45, 7) is 2.13. The van der Waals surface area contributed by atoms with Crippen molar-refractivity contribution in [2.24, 2.45) is 5.92 Å². The largest absolute Gasteiger partial charge is 0.393 e. The van der Waals surface area contributed by atoms with Crippen molar-refractivity contribution in [1.29, 1.82) is 0 Å². The Morgan fingerprint density at radius 3 is 2.75 bits per heavy atom. The number of halogens is 3. The van der Waals surface area contributed by atoms with Gasteiger partial charge in [0.15, 0.2) is 0 Å². The molecule has 1 heterocycles. The highest BCUT2D eigenvalue weighted by molar-refractivity contribution is 5.87. The predicted molar refractivity (Wildman–Crippen MR) is 53.8 cm³/mol. The van der Waals surface area contributed by atoms with E-state index in [0.717, 1.165) is 0 Å². The highest BCUT2D eigenvalue weighted by Gasteiger charge is 2.45. The summed E-state index contributed by atoms with van der Waals surface area (Å²) >= 11 is 0. The van der Waals surface area contributed by atoms with Gasteiger partial charge in [-0.25, -0.2) is 0 Å². The molecule has 0 aromatic rings. The SMILES string of the molecule is C/C=C/C(=O)NC1CNCCC1C(F)(F)F. The van der Waals surface area contributed by atoms with Gasteiger partial charge in [0.2, 0.25) is 5.91 Å². The van der Waals surface area contributed by atoms with Gasteiger partial charge in [-0.3, -0.25) is 4.79 Å². The van der Waals surface area contributed by atoms with Gasteiger partial charge < -0.3 is 10.6 Å². The summed E-state index contributed by atoms with van der Waals surface area (Å²) < 4.78 is 37.9. The fourth-order valence-corrected chi connectivity index (χ4v) is 1.78. The molecule has 1 rings (SSSR count). The van der Waals surface area contributed by atoms with Crippen LogP contribution in [0.4, 0.5) is 13.2 Å². The molecule has 0 bridgehead atoms. The average Bonchev–Trinajstić information content (AvgIpc) is 2.17. The predicted octanol–water partition coefficient (Wildman–Crippen LogP) is 1.22. The number of rotatable bonds is 2. The lowest BCUT2D eigenvalue weighted by Gasteiger charge is -2.33. The molecule has 1 amide bonds. The lowest BCUT2D eigenvalue weighted by molar-refractivity contribution is -0.187. The Bertz CT molecular complexity index is 276. The molecule has 1 fully saturated rings. The standard InChI is InChI=1S/C10H15F3N2O/c1-2-3-9(16)15-8-6-14-5-4-7(8)10(11,12)13/h2-3,7-8,14H,4-6H2,1H3,(H,15,16)/b3-2+. The molecule has 0 spiro atoms. The Balaban J connectivity index is 2.64. The number of nitrogens with one attached hydrogen (secondary N) is 2. The molecule has 0 aliphatic carbocycles. The highest BCUT2D eigenvalue weighted by Crippen LogP contribution is 2.32. The van der Waals surface area contributed by atoms with Crippen molar-refractivity contribution >= 4 is 5.91 Å². The molecule has 6 heteroatoms. The monoisotopic (exact) mass is 236 g/mol. The van der Waals surface area contributed by atoms with Gasteiger partial charge in [0.25, 0.3) is 0 Å². The number of hydrogen-bond donors (Lipinski definition) is 2. The first kappa shape index (κ1) is 13.0. The zero-order chi connectivity index (χ0) is 12.2. The van der Waals surface area contributed by atoms with E-state index in [-0.39, 0.29) is 13.0 Å². The number of alkyl halides is 3. The van der Waals surface area contributed by atoms with Gasteiger partial charge in [0, 0.05) is 6.54 Å².